The molecule has 1 atom stereocenters. The molecule has 0 fully saturated rings. The van der Waals surface area contributed by atoms with Crippen molar-refractivity contribution in [3.05, 3.63) is 118 Å². The Morgan fingerprint density at radius 3 is 1.96 bits per heavy atom. The van der Waals surface area contributed by atoms with Gasteiger partial charge in [-0.3, -0.25) is 10.5 Å². The first-order valence-corrected chi connectivity index (χ1v) is 13.8. The molecule has 0 amide bonds. The molecular weight excluding hydrogens is 616 g/mol. The molecule has 4 rings (SSSR count). The standard InChI is InChI=1S/C30H24O14S/c31-28(32)19-2-3-20(21(14-19)16-40-37)17-41-43-23-4-6-24(7-5-23)44-45(38)25-10-8-22(9-11-25)42-30(35)26-12-1-18(15-39-36)13-27(26)29(33)34/h1-14,36-37H,15-17H2,(H,31,32)(H,33,34). The monoisotopic (exact) mass is 640 g/mol. The highest BCUT2D eigenvalue weighted by Gasteiger charge is 2.20. The number of benzene rings is 4. The first kappa shape index (κ1) is 32.7. The Balaban J connectivity index is 1.30. The summed E-state index contributed by atoms with van der Waals surface area (Å²) >= 11 is -1.95. The zero-order chi connectivity index (χ0) is 32.3. The third kappa shape index (κ3) is 8.93. The molecule has 0 heterocycles. The first-order valence-electron chi connectivity index (χ1n) is 12.7. The maximum Gasteiger partial charge on any atom is 0.344 e. The number of carboxylic acid groups (broad SMARTS) is 2. The van der Waals surface area contributed by atoms with Crippen LogP contribution in [0.4, 0.5) is 0 Å². The van der Waals surface area contributed by atoms with E-state index in [0.29, 0.717) is 16.7 Å². The molecule has 0 saturated carbocycles. The third-order valence-electron chi connectivity index (χ3n) is 6.03. The highest BCUT2D eigenvalue weighted by atomic mass is 32.2. The lowest BCUT2D eigenvalue weighted by molar-refractivity contribution is -0.253. The van der Waals surface area contributed by atoms with Gasteiger partial charge in [0.1, 0.15) is 31.3 Å². The molecule has 234 valence electrons. The smallest absolute Gasteiger partial charge is 0.344 e. The molecule has 45 heavy (non-hydrogen) atoms. The van der Waals surface area contributed by atoms with E-state index in [2.05, 4.69) is 9.78 Å². The van der Waals surface area contributed by atoms with E-state index in [9.17, 15) is 23.7 Å². The maximum atomic E-state index is 12.7. The summed E-state index contributed by atoms with van der Waals surface area (Å²) in [7, 11) is 0. The number of carbonyl (C=O) groups is 3. The van der Waals surface area contributed by atoms with Crippen LogP contribution in [0.2, 0.25) is 0 Å². The minimum Gasteiger partial charge on any atom is -0.478 e. The van der Waals surface area contributed by atoms with Crippen LogP contribution in [0.25, 0.3) is 0 Å². The van der Waals surface area contributed by atoms with Gasteiger partial charge < -0.3 is 24.0 Å². The van der Waals surface area contributed by atoms with Crippen LogP contribution >= 0.6 is 0 Å². The van der Waals surface area contributed by atoms with Gasteiger partial charge in [0.15, 0.2) is 5.75 Å². The summed E-state index contributed by atoms with van der Waals surface area (Å²) in [6.07, 6.45) is 0. The summed E-state index contributed by atoms with van der Waals surface area (Å²) < 4.78 is 23.4. The van der Waals surface area contributed by atoms with Crippen molar-refractivity contribution < 1.29 is 67.8 Å². The van der Waals surface area contributed by atoms with E-state index >= 15 is 0 Å². The summed E-state index contributed by atoms with van der Waals surface area (Å²) in [5, 5.41) is 35.9. The van der Waals surface area contributed by atoms with Crippen molar-refractivity contribution in [1.29, 1.82) is 0 Å². The van der Waals surface area contributed by atoms with Crippen LogP contribution < -0.4 is 13.8 Å². The molecule has 4 N–H and O–H groups in total. The second kappa shape index (κ2) is 15.5. The van der Waals surface area contributed by atoms with Gasteiger partial charge in [0.25, 0.3) is 0 Å². The lowest BCUT2D eigenvalue weighted by Crippen LogP contribution is -2.14. The predicted octanol–water partition coefficient (Wildman–Crippen LogP) is 4.89. The van der Waals surface area contributed by atoms with Gasteiger partial charge in [0, 0.05) is 0 Å². The zero-order valence-corrected chi connectivity index (χ0v) is 23.8. The molecule has 4 aromatic carbocycles. The van der Waals surface area contributed by atoms with Crippen LogP contribution in [-0.2, 0) is 45.6 Å². The van der Waals surface area contributed by atoms with Crippen molar-refractivity contribution >= 4 is 29.0 Å². The van der Waals surface area contributed by atoms with Crippen LogP contribution in [0.3, 0.4) is 0 Å². The number of hydrogen-bond acceptors (Lipinski definition) is 12. The van der Waals surface area contributed by atoms with Gasteiger partial charge in [-0.25, -0.2) is 28.4 Å². The molecule has 0 aliphatic rings. The maximum absolute atomic E-state index is 12.7. The van der Waals surface area contributed by atoms with Gasteiger partial charge in [-0.05, 0) is 89.5 Å². The van der Waals surface area contributed by atoms with E-state index < -0.39 is 29.0 Å². The molecule has 4 aromatic rings. The summed E-state index contributed by atoms with van der Waals surface area (Å²) in [5.41, 5.74) is 0.723. The molecule has 0 aromatic heterocycles. The Labute approximate surface area is 257 Å². The van der Waals surface area contributed by atoms with Gasteiger partial charge in [0.05, 0.1) is 21.6 Å². The van der Waals surface area contributed by atoms with Crippen molar-refractivity contribution in [3.8, 4) is 17.2 Å². The lowest BCUT2D eigenvalue weighted by Gasteiger charge is -2.11. The van der Waals surface area contributed by atoms with Gasteiger partial charge in [-0.2, -0.15) is 4.89 Å². The fourth-order valence-electron chi connectivity index (χ4n) is 3.84. The van der Waals surface area contributed by atoms with Crippen LogP contribution in [0.5, 0.6) is 17.2 Å². The highest BCUT2D eigenvalue weighted by molar-refractivity contribution is 7.80. The van der Waals surface area contributed by atoms with Gasteiger partial charge >= 0.3 is 17.9 Å². The largest absolute Gasteiger partial charge is 0.478 e. The summed E-state index contributed by atoms with van der Waals surface area (Å²) in [6.45, 7) is -0.595. The molecule has 14 nitrogen and oxygen atoms in total. The van der Waals surface area contributed by atoms with Crippen molar-refractivity contribution in [2.24, 2.45) is 0 Å². The molecule has 0 aliphatic carbocycles. The minimum atomic E-state index is -1.95. The molecule has 0 saturated heterocycles. The fourth-order valence-corrected chi connectivity index (χ4v) is 4.58. The molecule has 0 aliphatic heterocycles. The zero-order valence-electron chi connectivity index (χ0n) is 23.0. The molecule has 0 spiro atoms. The molecular formula is C30H24O14S. The van der Waals surface area contributed by atoms with E-state index in [-0.39, 0.29) is 58.7 Å². The molecule has 0 bridgehead atoms. The minimum absolute atomic E-state index is 0.0177. The number of rotatable bonds is 15. The van der Waals surface area contributed by atoms with E-state index in [1.165, 1.54) is 84.9 Å². The van der Waals surface area contributed by atoms with Gasteiger partial charge in [-0.15, -0.1) is 0 Å². The molecule has 1 unspecified atom stereocenters. The first-order chi connectivity index (χ1) is 21.7. The topological polar surface area (TPSA) is 205 Å². The second-order valence-corrected chi connectivity index (χ2v) is 10.1. The number of aromatic carboxylic acids is 2. The van der Waals surface area contributed by atoms with Crippen molar-refractivity contribution in [2.45, 2.75) is 24.7 Å². The van der Waals surface area contributed by atoms with E-state index in [1.54, 1.807) is 0 Å². The summed E-state index contributed by atoms with van der Waals surface area (Å²) in [5.74, 6) is -2.86. The van der Waals surface area contributed by atoms with Gasteiger partial charge in [0.2, 0.25) is 11.1 Å². The average Bonchev–Trinajstić information content (AvgIpc) is 3.03. The summed E-state index contributed by atoms with van der Waals surface area (Å²) in [6, 6.07) is 19.6. The number of carboxylic acids is 2. The Morgan fingerprint density at radius 1 is 0.644 bits per heavy atom. The van der Waals surface area contributed by atoms with E-state index in [1.807, 2.05) is 0 Å². The van der Waals surface area contributed by atoms with Crippen molar-refractivity contribution in [2.75, 3.05) is 0 Å². The lowest BCUT2D eigenvalue weighted by atomic mass is 10.0. The van der Waals surface area contributed by atoms with E-state index in [0.717, 1.165) is 0 Å². The van der Waals surface area contributed by atoms with Crippen LogP contribution in [0, 0.1) is 0 Å². The number of carbonyl (C=O) groups excluding carboxylic acids is 1. The van der Waals surface area contributed by atoms with Crippen LogP contribution in [-0.4, -0.2) is 42.8 Å². The quantitative estimate of drug-likeness (QED) is 0.0591. The third-order valence-corrected chi connectivity index (χ3v) is 7.03. The number of ether oxygens (including phenoxy) is 1. The van der Waals surface area contributed by atoms with E-state index in [4.69, 9.17) is 34.3 Å². The van der Waals surface area contributed by atoms with Crippen molar-refractivity contribution in [1.82, 2.24) is 0 Å². The SMILES string of the molecule is O=C(O)c1ccc(COOc2ccc(OS(=O)c3ccc(OC(=O)c4ccc(COO)cc4C(=O)O)cc3)cc2)c(COO)c1. The summed E-state index contributed by atoms with van der Waals surface area (Å²) in [4.78, 5) is 54.2. The molecule has 15 heteroatoms. The fraction of sp³-hybridized carbons (Fsp3) is 0.100. The van der Waals surface area contributed by atoms with Gasteiger partial charge in [-0.1, -0.05) is 12.1 Å². The molecule has 0 radical (unpaired) electrons. The number of hydrogen-bond donors (Lipinski definition) is 4. The Morgan fingerprint density at radius 2 is 1.31 bits per heavy atom. The van der Waals surface area contributed by atoms with Crippen molar-refractivity contribution in [3.63, 3.8) is 0 Å². The average molecular weight is 641 g/mol. The normalized spacial score (nSPS) is 11.4. The second-order valence-electron chi connectivity index (χ2n) is 9.02. The van der Waals surface area contributed by atoms with Crippen LogP contribution in [0.1, 0.15) is 47.8 Å². The Bertz CT molecular complexity index is 1690. The van der Waals surface area contributed by atoms with Crippen LogP contribution in [0.15, 0.2) is 89.8 Å². The highest BCUT2D eigenvalue weighted by Crippen LogP contribution is 2.23. The Kier molecular flexibility index (Phi) is 11.3. The predicted molar refractivity (Wildman–Crippen MR) is 152 cm³/mol. The number of esters is 1. The Hall–Kier alpha value is -5.16.